The first-order valence-electron chi connectivity index (χ1n) is 7.96. The highest BCUT2D eigenvalue weighted by Gasteiger charge is 2.38. The molecule has 3 heterocycles. The summed E-state index contributed by atoms with van der Waals surface area (Å²) in [5, 5.41) is 5.32. The average Bonchev–Trinajstić information content (AvgIpc) is 2.99. The SMILES string of the molecule is CNCCN1C(=O)CC[C@H]2CN(Cc3cccs3)CC[C@H]21.Cl.Cl. The van der Waals surface area contributed by atoms with E-state index in [1.54, 1.807) is 0 Å². The number of likely N-dealkylation sites (N-methyl/N-ethyl adjacent to an activating group) is 1. The summed E-state index contributed by atoms with van der Waals surface area (Å²) in [5.74, 6) is 1.02. The lowest BCUT2D eigenvalue weighted by Crippen LogP contribution is -2.56. The van der Waals surface area contributed by atoms with Gasteiger partial charge in [0.05, 0.1) is 0 Å². The molecule has 3 rings (SSSR count). The number of halogens is 2. The third kappa shape index (κ3) is 5.07. The maximum absolute atomic E-state index is 12.2. The topological polar surface area (TPSA) is 35.6 Å². The molecule has 23 heavy (non-hydrogen) atoms. The Hall–Kier alpha value is -0.330. The molecule has 132 valence electrons. The summed E-state index contributed by atoms with van der Waals surface area (Å²) in [6, 6.07) is 4.82. The van der Waals surface area contributed by atoms with Gasteiger partial charge in [-0.05, 0) is 37.3 Å². The summed E-state index contributed by atoms with van der Waals surface area (Å²) in [7, 11) is 1.95. The minimum Gasteiger partial charge on any atom is -0.338 e. The second-order valence-electron chi connectivity index (χ2n) is 6.16. The van der Waals surface area contributed by atoms with Crippen molar-refractivity contribution in [2.45, 2.75) is 31.8 Å². The maximum Gasteiger partial charge on any atom is 0.222 e. The smallest absolute Gasteiger partial charge is 0.222 e. The van der Waals surface area contributed by atoms with E-state index in [0.717, 1.165) is 52.0 Å². The van der Waals surface area contributed by atoms with E-state index in [4.69, 9.17) is 0 Å². The fraction of sp³-hybridized carbons (Fsp3) is 0.688. The highest BCUT2D eigenvalue weighted by Crippen LogP contribution is 2.31. The molecule has 1 amide bonds. The van der Waals surface area contributed by atoms with Gasteiger partial charge in [0, 0.05) is 50.1 Å². The molecule has 2 aliphatic heterocycles. The lowest BCUT2D eigenvalue weighted by molar-refractivity contribution is -0.141. The van der Waals surface area contributed by atoms with Crippen LogP contribution in [-0.4, -0.2) is 55.0 Å². The number of thiophene rings is 1. The van der Waals surface area contributed by atoms with Crippen molar-refractivity contribution < 1.29 is 4.79 Å². The van der Waals surface area contributed by atoms with E-state index in [0.29, 0.717) is 17.9 Å². The molecule has 2 fully saturated rings. The summed E-state index contributed by atoms with van der Waals surface area (Å²) >= 11 is 1.84. The van der Waals surface area contributed by atoms with Crippen LogP contribution in [0.25, 0.3) is 0 Å². The summed E-state index contributed by atoms with van der Waals surface area (Å²) in [6.07, 6.45) is 2.93. The maximum atomic E-state index is 12.2. The third-order valence-electron chi connectivity index (χ3n) is 4.79. The van der Waals surface area contributed by atoms with Gasteiger partial charge < -0.3 is 10.2 Å². The van der Waals surface area contributed by atoms with Gasteiger partial charge in [-0.15, -0.1) is 36.2 Å². The summed E-state index contributed by atoms with van der Waals surface area (Å²) < 4.78 is 0. The van der Waals surface area contributed by atoms with Crippen LogP contribution in [-0.2, 0) is 11.3 Å². The van der Waals surface area contributed by atoms with Crippen LogP contribution in [0.5, 0.6) is 0 Å². The lowest BCUT2D eigenvalue weighted by atomic mass is 9.83. The standard InChI is InChI=1S/C16H25N3OS.2ClH/c1-17-7-9-19-15-6-8-18(12-14-3-2-10-21-14)11-13(15)4-5-16(19)20;;/h2-3,10,13,15,17H,4-9,11-12H2,1H3;2*1H/t13-,15+;;/m0../s1. The monoisotopic (exact) mass is 379 g/mol. The van der Waals surface area contributed by atoms with E-state index < -0.39 is 0 Å². The van der Waals surface area contributed by atoms with Gasteiger partial charge >= 0.3 is 0 Å². The molecule has 0 radical (unpaired) electrons. The molecule has 2 aliphatic rings. The predicted molar refractivity (Wildman–Crippen MR) is 101 cm³/mol. The molecule has 0 aliphatic carbocycles. The number of nitrogens with zero attached hydrogens (tertiary/aromatic N) is 2. The number of carbonyl (C=O) groups excluding carboxylic acids is 1. The molecule has 0 saturated carbocycles. The van der Waals surface area contributed by atoms with E-state index >= 15 is 0 Å². The number of rotatable bonds is 5. The zero-order chi connectivity index (χ0) is 14.7. The van der Waals surface area contributed by atoms with Crippen molar-refractivity contribution in [3.63, 3.8) is 0 Å². The van der Waals surface area contributed by atoms with Gasteiger partial charge in [-0.3, -0.25) is 9.69 Å². The molecular weight excluding hydrogens is 353 g/mol. The lowest BCUT2D eigenvalue weighted by Gasteiger charge is -2.47. The van der Waals surface area contributed by atoms with Crippen LogP contribution < -0.4 is 5.32 Å². The van der Waals surface area contributed by atoms with Crippen LogP contribution in [0.3, 0.4) is 0 Å². The van der Waals surface area contributed by atoms with E-state index in [9.17, 15) is 4.79 Å². The second kappa shape index (κ2) is 9.84. The normalized spacial score (nSPS) is 24.6. The van der Waals surface area contributed by atoms with Crippen molar-refractivity contribution in [1.29, 1.82) is 0 Å². The Labute approximate surface area is 155 Å². The first kappa shape index (κ1) is 20.7. The van der Waals surface area contributed by atoms with Gasteiger partial charge in [-0.2, -0.15) is 0 Å². The number of amides is 1. The van der Waals surface area contributed by atoms with Gasteiger partial charge in [0.15, 0.2) is 0 Å². The minimum atomic E-state index is 0. The Morgan fingerprint density at radius 2 is 2.17 bits per heavy atom. The van der Waals surface area contributed by atoms with E-state index in [1.807, 2.05) is 18.4 Å². The molecule has 1 aromatic rings. The van der Waals surface area contributed by atoms with Crippen LogP contribution >= 0.6 is 36.2 Å². The average molecular weight is 380 g/mol. The molecule has 0 aromatic carbocycles. The summed E-state index contributed by atoms with van der Waals surface area (Å²) in [6.45, 7) is 5.09. The first-order chi connectivity index (χ1) is 10.3. The molecule has 7 heteroatoms. The van der Waals surface area contributed by atoms with Gasteiger partial charge in [-0.1, -0.05) is 6.07 Å². The van der Waals surface area contributed by atoms with E-state index in [-0.39, 0.29) is 24.8 Å². The fourth-order valence-corrected chi connectivity index (χ4v) is 4.46. The number of hydrogen-bond acceptors (Lipinski definition) is 4. The molecule has 2 saturated heterocycles. The molecule has 0 spiro atoms. The van der Waals surface area contributed by atoms with Crippen LogP contribution in [0.2, 0.25) is 0 Å². The quantitative estimate of drug-likeness (QED) is 0.853. The number of hydrogen-bond donors (Lipinski definition) is 1. The highest BCUT2D eigenvalue weighted by atomic mass is 35.5. The van der Waals surface area contributed by atoms with Crippen molar-refractivity contribution in [3.8, 4) is 0 Å². The molecule has 0 unspecified atom stereocenters. The Morgan fingerprint density at radius 3 is 2.87 bits per heavy atom. The molecule has 2 atom stereocenters. The van der Waals surface area contributed by atoms with Crippen LogP contribution in [0.1, 0.15) is 24.1 Å². The Bertz CT molecular complexity index is 472. The van der Waals surface area contributed by atoms with Gasteiger partial charge in [0.1, 0.15) is 0 Å². The predicted octanol–water partition coefficient (Wildman–Crippen LogP) is 2.62. The van der Waals surface area contributed by atoms with Crippen molar-refractivity contribution in [2.75, 3.05) is 33.2 Å². The van der Waals surface area contributed by atoms with Gasteiger partial charge in [0.25, 0.3) is 0 Å². The first-order valence-corrected chi connectivity index (χ1v) is 8.84. The van der Waals surface area contributed by atoms with E-state index in [1.165, 1.54) is 4.88 Å². The Balaban J connectivity index is 0.00000132. The summed E-state index contributed by atoms with van der Waals surface area (Å²) in [5.41, 5.74) is 0. The number of carbonyl (C=O) groups is 1. The number of likely N-dealkylation sites (tertiary alicyclic amines) is 2. The van der Waals surface area contributed by atoms with Crippen molar-refractivity contribution in [3.05, 3.63) is 22.4 Å². The van der Waals surface area contributed by atoms with Crippen LogP contribution in [0, 0.1) is 5.92 Å². The molecular formula is C16H27Cl2N3OS. The van der Waals surface area contributed by atoms with E-state index in [2.05, 4.69) is 32.6 Å². The highest BCUT2D eigenvalue weighted by molar-refractivity contribution is 7.09. The molecule has 1 aromatic heterocycles. The van der Waals surface area contributed by atoms with Crippen LogP contribution in [0.15, 0.2) is 17.5 Å². The second-order valence-corrected chi connectivity index (χ2v) is 7.19. The molecule has 0 bridgehead atoms. The van der Waals surface area contributed by atoms with Crippen LogP contribution in [0.4, 0.5) is 0 Å². The Kier molecular flexibility index (Phi) is 8.86. The Morgan fingerprint density at radius 1 is 1.35 bits per heavy atom. The molecule has 1 N–H and O–H groups in total. The number of fused-ring (bicyclic) bond motifs is 1. The van der Waals surface area contributed by atoms with Crippen molar-refractivity contribution in [2.24, 2.45) is 5.92 Å². The zero-order valence-electron chi connectivity index (χ0n) is 13.6. The molecule has 4 nitrogen and oxygen atoms in total. The third-order valence-corrected chi connectivity index (χ3v) is 5.65. The van der Waals surface area contributed by atoms with Crippen molar-refractivity contribution in [1.82, 2.24) is 15.1 Å². The number of nitrogens with one attached hydrogen (secondary N) is 1. The number of piperidine rings is 2. The largest absolute Gasteiger partial charge is 0.338 e. The fourth-order valence-electron chi connectivity index (χ4n) is 3.72. The van der Waals surface area contributed by atoms with Crippen molar-refractivity contribution >= 4 is 42.1 Å². The van der Waals surface area contributed by atoms with Gasteiger partial charge in [-0.25, -0.2) is 0 Å². The van der Waals surface area contributed by atoms with Gasteiger partial charge in [0.2, 0.25) is 5.91 Å². The minimum absolute atomic E-state index is 0. The summed E-state index contributed by atoms with van der Waals surface area (Å²) in [4.78, 5) is 18.3. The zero-order valence-corrected chi connectivity index (χ0v) is 16.0.